The third-order valence-electron chi connectivity index (χ3n) is 4.04. The van der Waals surface area contributed by atoms with E-state index in [0.717, 1.165) is 15.9 Å². The summed E-state index contributed by atoms with van der Waals surface area (Å²) in [6.07, 6.45) is 2.07. The van der Waals surface area contributed by atoms with Crippen LogP contribution >= 0.6 is 15.9 Å². The minimum atomic E-state index is -0.835. The highest BCUT2D eigenvalue weighted by Gasteiger charge is 2.35. The molecule has 2 rings (SSSR count). The summed E-state index contributed by atoms with van der Waals surface area (Å²) in [7, 11) is 1.61. The highest BCUT2D eigenvalue weighted by molar-refractivity contribution is 9.10. The lowest BCUT2D eigenvalue weighted by Crippen LogP contribution is -2.41. The van der Waals surface area contributed by atoms with E-state index in [1.807, 2.05) is 18.2 Å². The molecule has 3 N–H and O–H groups in total. The molecule has 1 saturated carbocycles. The van der Waals surface area contributed by atoms with Gasteiger partial charge >= 0.3 is 5.97 Å². The molecule has 1 aliphatic carbocycles. The van der Waals surface area contributed by atoms with E-state index in [2.05, 4.69) is 21.2 Å². The van der Waals surface area contributed by atoms with Crippen LogP contribution in [0.2, 0.25) is 0 Å². The second-order valence-electron chi connectivity index (χ2n) is 5.54. The minimum absolute atomic E-state index is 0.319. The summed E-state index contributed by atoms with van der Waals surface area (Å²) in [5.74, 6) is -0.328. The molecule has 1 aromatic rings. The second kappa shape index (κ2) is 6.66. The lowest BCUT2D eigenvalue weighted by molar-refractivity contribution is -0.144. The SMILES string of the molecule is COc1ccc(NCC2(O)CCC(C(=O)O)CC2)cc1Br. The second-order valence-corrected chi connectivity index (χ2v) is 6.39. The summed E-state index contributed by atoms with van der Waals surface area (Å²) >= 11 is 3.42. The summed E-state index contributed by atoms with van der Waals surface area (Å²) in [6.45, 7) is 0.415. The Balaban J connectivity index is 1.91. The monoisotopic (exact) mass is 357 g/mol. The fraction of sp³-hybridized carbons (Fsp3) is 0.533. The molecule has 1 fully saturated rings. The van der Waals surface area contributed by atoms with Crippen LogP contribution in [0.15, 0.2) is 22.7 Å². The number of aliphatic hydroxyl groups is 1. The zero-order valence-electron chi connectivity index (χ0n) is 11.9. The van der Waals surface area contributed by atoms with Crippen molar-refractivity contribution in [1.82, 2.24) is 0 Å². The van der Waals surface area contributed by atoms with Crippen LogP contribution in [0, 0.1) is 5.92 Å². The fourth-order valence-corrected chi connectivity index (χ4v) is 3.16. The Kier molecular flexibility index (Phi) is 5.11. The number of carboxylic acid groups (broad SMARTS) is 1. The van der Waals surface area contributed by atoms with Crippen molar-refractivity contribution in [2.45, 2.75) is 31.3 Å². The number of rotatable bonds is 5. The van der Waals surface area contributed by atoms with Crippen LogP contribution in [0.1, 0.15) is 25.7 Å². The molecule has 0 unspecified atom stereocenters. The highest BCUT2D eigenvalue weighted by atomic mass is 79.9. The Morgan fingerprint density at radius 1 is 1.48 bits per heavy atom. The molecule has 0 heterocycles. The first-order valence-electron chi connectivity index (χ1n) is 6.96. The molecule has 0 saturated heterocycles. The number of halogens is 1. The van der Waals surface area contributed by atoms with E-state index >= 15 is 0 Å². The minimum Gasteiger partial charge on any atom is -0.496 e. The van der Waals surface area contributed by atoms with Crippen molar-refractivity contribution >= 4 is 27.6 Å². The van der Waals surface area contributed by atoms with Crippen molar-refractivity contribution in [3.8, 4) is 5.75 Å². The van der Waals surface area contributed by atoms with Gasteiger partial charge in [-0.05, 0) is 59.8 Å². The zero-order chi connectivity index (χ0) is 15.5. The molecule has 21 heavy (non-hydrogen) atoms. The number of aliphatic carboxylic acids is 1. The molecule has 0 bridgehead atoms. The van der Waals surface area contributed by atoms with Gasteiger partial charge in [0.15, 0.2) is 0 Å². The van der Waals surface area contributed by atoms with Crippen LogP contribution in [0.4, 0.5) is 5.69 Å². The molecule has 6 heteroatoms. The van der Waals surface area contributed by atoms with Gasteiger partial charge in [0.2, 0.25) is 0 Å². The van der Waals surface area contributed by atoms with Gasteiger partial charge in [-0.15, -0.1) is 0 Å². The number of nitrogens with one attached hydrogen (secondary N) is 1. The number of benzene rings is 1. The van der Waals surface area contributed by atoms with E-state index < -0.39 is 11.6 Å². The number of methoxy groups -OCH3 is 1. The maximum atomic E-state index is 10.9. The van der Waals surface area contributed by atoms with Crippen molar-refractivity contribution < 1.29 is 19.7 Å². The van der Waals surface area contributed by atoms with Crippen molar-refractivity contribution in [2.75, 3.05) is 19.0 Å². The van der Waals surface area contributed by atoms with E-state index in [4.69, 9.17) is 9.84 Å². The molecule has 116 valence electrons. The van der Waals surface area contributed by atoms with Gasteiger partial charge in [-0.1, -0.05) is 0 Å². The molecule has 0 amide bonds. The zero-order valence-corrected chi connectivity index (χ0v) is 13.5. The topological polar surface area (TPSA) is 78.8 Å². The third-order valence-corrected chi connectivity index (χ3v) is 4.66. The molecule has 1 aliphatic rings. The van der Waals surface area contributed by atoms with Gasteiger partial charge in [-0.2, -0.15) is 0 Å². The Morgan fingerprint density at radius 3 is 2.67 bits per heavy atom. The van der Waals surface area contributed by atoms with Crippen LogP contribution < -0.4 is 10.1 Å². The van der Waals surface area contributed by atoms with E-state index in [1.165, 1.54) is 0 Å². The van der Waals surface area contributed by atoms with Gasteiger partial charge in [0.05, 0.1) is 23.1 Å². The van der Waals surface area contributed by atoms with E-state index in [-0.39, 0.29) is 5.92 Å². The summed E-state index contributed by atoms with van der Waals surface area (Å²) in [6, 6.07) is 5.62. The van der Waals surface area contributed by atoms with E-state index in [1.54, 1.807) is 7.11 Å². The molecule has 0 atom stereocenters. The standard InChI is InChI=1S/C15H20BrNO4/c1-21-13-3-2-11(8-12(13)16)17-9-15(20)6-4-10(5-7-15)14(18)19/h2-3,8,10,17,20H,4-7,9H2,1H3,(H,18,19). The van der Waals surface area contributed by atoms with Crippen molar-refractivity contribution in [1.29, 1.82) is 0 Å². The fourth-order valence-electron chi connectivity index (χ4n) is 2.62. The summed E-state index contributed by atoms with van der Waals surface area (Å²) in [5.41, 5.74) is 0.0506. The highest BCUT2D eigenvalue weighted by Crippen LogP contribution is 2.33. The van der Waals surface area contributed by atoms with Crippen LogP contribution in [-0.4, -0.2) is 35.4 Å². The van der Waals surface area contributed by atoms with E-state index in [0.29, 0.717) is 32.2 Å². The number of anilines is 1. The third kappa shape index (κ3) is 4.11. The van der Waals surface area contributed by atoms with Crippen molar-refractivity contribution in [3.63, 3.8) is 0 Å². The molecule has 0 radical (unpaired) electrons. The Bertz CT molecular complexity index is 512. The summed E-state index contributed by atoms with van der Waals surface area (Å²) < 4.78 is 6.01. The summed E-state index contributed by atoms with van der Waals surface area (Å²) in [5, 5.41) is 22.7. The smallest absolute Gasteiger partial charge is 0.306 e. The van der Waals surface area contributed by atoms with Crippen molar-refractivity contribution in [2.24, 2.45) is 5.92 Å². The predicted octanol–water partition coefficient (Wildman–Crippen LogP) is 2.88. The van der Waals surface area contributed by atoms with Crippen LogP contribution in [0.5, 0.6) is 5.75 Å². The number of hydrogen-bond donors (Lipinski definition) is 3. The first-order chi connectivity index (χ1) is 9.93. The van der Waals surface area contributed by atoms with Gasteiger partial charge in [-0.3, -0.25) is 4.79 Å². The Labute approximate surface area is 132 Å². The van der Waals surface area contributed by atoms with Gasteiger partial charge in [0.25, 0.3) is 0 Å². The normalized spacial score (nSPS) is 25.4. The number of carboxylic acids is 1. The number of hydrogen-bond acceptors (Lipinski definition) is 4. The molecule has 1 aromatic carbocycles. The van der Waals surface area contributed by atoms with Gasteiger partial charge in [0.1, 0.15) is 5.75 Å². The average molecular weight is 358 g/mol. The summed E-state index contributed by atoms with van der Waals surface area (Å²) in [4.78, 5) is 10.9. The van der Waals surface area contributed by atoms with Crippen LogP contribution in [0.3, 0.4) is 0 Å². The molecule has 0 aliphatic heterocycles. The Hall–Kier alpha value is -1.27. The number of carbonyl (C=O) groups is 1. The van der Waals surface area contributed by atoms with Gasteiger partial charge in [0, 0.05) is 12.2 Å². The largest absolute Gasteiger partial charge is 0.496 e. The molecule has 0 spiro atoms. The predicted molar refractivity (Wildman–Crippen MR) is 83.7 cm³/mol. The van der Waals surface area contributed by atoms with E-state index in [9.17, 15) is 9.90 Å². The molecular weight excluding hydrogens is 338 g/mol. The van der Waals surface area contributed by atoms with Crippen molar-refractivity contribution in [3.05, 3.63) is 22.7 Å². The quantitative estimate of drug-likeness (QED) is 0.754. The van der Waals surface area contributed by atoms with Gasteiger partial charge in [-0.25, -0.2) is 0 Å². The van der Waals surface area contributed by atoms with Crippen LogP contribution in [0.25, 0.3) is 0 Å². The lowest BCUT2D eigenvalue weighted by atomic mass is 9.79. The lowest BCUT2D eigenvalue weighted by Gasteiger charge is -2.35. The maximum Gasteiger partial charge on any atom is 0.306 e. The Morgan fingerprint density at radius 2 is 2.14 bits per heavy atom. The maximum absolute atomic E-state index is 10.9. The molecular formula is C15H20BrNO4. The first kappa shape index (κ1) is 16.1. The number of ether oxygens (including phenoxy) is 1. The van der Waals surface area contributed by atoms with Crippen LogP contribution in [-0.2, 0) is 4.79 Å². The molecule has 5 nitrogen and oxygen atoms in total. The average Bonchev–Trinajstić information content (AvgIpc) is 2.46. The molecule has 0 aromatic heterocycles. The van der Waals surface area contributed by atoms with Gasteiger partial charge < -0.3 is 20.3 Å². The first-order valence-corrected chi connectivity index (χ1v) is 7.75.